The monoisotopic (exact) mass is 326 g/mol. The van der Waals surface area contributed by atoms with Crippen molar-refractivity contribution in [1.29, 1.82) is 0 Å². The normalized spacial score (nSPS) is 16.0. The number of hydrogen-bond donors (Lipinski definition) is 1. The smallest absolute Gasteiger partial charge is 0.255 e. The van der Waals surface area contributed by atoms with E-state index in [2.05, 4.69) is 5.32 Å². The first-order valence-corrected chi connectivity index (χ1v) is 8.32. The van der Waals surface area contributed by atoms with Gasteiger partial charge in [0, 0.05) is 30.8 Å². The van der Waals surface area contributed by atoms with E-state index in [1.54, 1.807) is 18.2 Å². The number of hydrogen-bond acceptors (Lipinski definition) is 3. The fourth-order valence-corrected chi connectivity index (χ4v) is 3.33. The van der Waals surface area contributed by atoms with Gasteiger partial charge in [0.15, 0.2) is 0 Å². The predicted octanol–water partition coefficient (Wildman–Crippen LogP) is 3.61. The first-order valence-electron chi connectivity index (χ1n) is 8.32. The van der Waals surface area contributed by atoms with Crippen LogP contribution in [0.3, 0.4) is 0 Å². The Morgan fingerprint density at radius 1 is 1.12 bits per heavy atom. The summed E-state index contributed by atoms with van der Waals surface area (Å²) >= 11 is 0. The summed E-state index contributed by atoms with van der Waals surface area (Å²) in [7, 11) is 0. The van der Waals surface area contributed by atoms with Crippen LogP contribution in [0, 0.1) is 5.82 Å². The second kappa shape index (κ2) is 6.15. The van der Waals surface area contributed by atoms with Gasteiger partial charge in [-0.15, -0.1) is 0 Å². The summed E-state index contributed by atoms with van der Waals surface area (Å²) in [5.74, 6) is 0.308. The molecule has 4 nitrogen and oxygen atoms in total. The van der Waals surface area contributed by atoms with E-state index >= 15 is 0 Å². The molecule has 0 aliphatic carbocycles. The lowest BCUT2D eigenvalue weighted by Crippen LogP contribution is -2.19. The number of carbonyl (C=O) groups excluding carboxylic acids is 1. The van der Waals surface area contributed by atoms with Crippen molar-refractivity contribution in [1.82, 2.24) is 0 Å². The minimum absolute atomic E-state index is 0.238. The number of nitrogens with one attached hydrogen (secondary N) is 1. The zero-order valence-electron chi connectivity index (χ0n) is 13.3. The van der Waals surface area contributed by atoms with Gasteiger partial charge < -0.3 is 15.0 Å². The lowest BCUT2D eigenvalue weighted by Gasteiger charge is -2.18. The van der Waals surface area contributed by atoms with E-state index in [4.69, 9.17) is 4.74 Å². The van der Waals surface area contributed by atoms with Crippen LogP contribution < -0.4 is 15.0 Å². The summed E-state index contributed by atoms with van der Waals surface area (Å²) in [5, 5.41) is 2.77. The van der Waals surface area contributed by atoms with E-state index in [1.165, 1.54) is 6.07 Å². The SMILES string of the molecule is O=C(Nc1ccc(N2CCCC2)c(F)c1)c1ccc2c(c1)CCO2. The van der Waals surface area contributed by atoms with Crippen LogP contribution in [0.25, 0.3) is 0 Å². The Morgan fingerprint density at radius 2 is 1.96 bits per heavy atom. The second-order valence-corrected chi connectivity index (χ2v) is 6.24. The lowest BCUT2D eigenvalue weighted by molar-refractivity contribution is 0.102. The van der Waals surface area contributed by atoms with Crippen LogP contribution in [0.2, 0.25) is 0 Å². The van der Waals surface area contributed by atoms with Gasteiger partial charge in [0.2, 0.25) is 0 Å². The van der Waals surface area contributed by atoms with Gasteiger partial charge in [0.1, 0.15) is 11.6 Å². The van der Waals surface area contributed by atoms with Crippen LogP contribution >= 0.6 is 0 Å². The van der Waals surface area contributed by atoms with Crippen molar-refractivity contribution in [3.63, 3.8) is 0 Å². The highest BCUT2D eigenvalue weighted by Crippen LogP contribution is 2.28. The fraction of sp³-hybridized carbons (Fsp3) is 0.316. The lowest BCUT2D eigenvalue weighted by atomic mass is 10.1. The molecule has 2 aliphatic heterocycles. The van der Waals surface area contributed by atoms with E-state index in [1.807, 2.05) is 17.0 Å². The van der Waals surface area contributed by atoms with E-state index < -0.39 is 0 Å². The number of carbonyl (C=O) groups is 1. The molecule has 2 aromatic carbocycles. The Balaban J connectivity index is 1.50. The number of rotatable bonds is 3. The van der Waals surface area contributed by atoms with E-state index in [-0.39, 0.29) is 11.7 Å². The Morgan fingerprint density at radius 3 is 2.75 bits per heavy atom. The number of nitrogens with zero attached hydrogens (tertiary/aromatic N) is 1. The molecule has 2 heterocycles. The number of fused-ring (bicyclic) bond motifs is 1. The molecule has 124 valence electrons. The Kier molecular flexibility index (Phi) is 3.84. The van der Waals surface area contributed by atoms with Crippen molar-refractivity contribution >= 4 is 17.3 Å². The Labute approximate surface area is 140 Å². The molecule has 0 unspecified atom stereocenters. The van der Waals surface area contributed by atoms with Crippen LogP contribution in [0.5, 0.6) is 5.75 Å². The van der Waals surface area contributed by atoms with Gasteiger partial charge in [-0.25, -0.2) is 4.39 Å². The number of ether oxygens (including phenoxy) is 1. The minimum atomic E-state index is -0.294. The van der Waals surface area contributed by atoms with Crippen LogP contribution in [0.1, 0.15) is 28.8 Å². The summed E-state index contributed by atoms with van der Waals surface area (Å²) < 4.78 is 19.8. The summed E-state index contributed by atoms with van der Waals surface area (Å²) in [4.78, 5) is 14.4. The zero-order valence-corrected chi connectivity index (χ0v) is 13.3. The summed E-state index contributed by atoms with van der Waals surface area (Å²) in [6, 6.07) is 10.3. The molecule has 0 bridgehead atoms. The maximum absolute atomic E-state index is 14.3. The van der Waals surface area contributed by atoms with Crippen LogP contribution in [0.4, 0.5) is 15.8 Å². The van der Waals surface area contributed by atoms with Crippen LogP contribution in [0.15, 0.2) is 36.4 Å². The largest absolute Gasteiger partial charge is 0.493 e. The summed E-state index contributed by atoms with van der Waals surface area (Å²) in [5.41, 5.74) is 2.68. The molecule has 5 heteroatoms. The highest BCUT2D eigenvalue weighted by molar-refractivity contribution is 6.04. The van der Waals surface area contributed by atoms with Gasteiger partial charge >= 0.3 is 0 Å². The first kappa shape index (κ1) is 15.0. The van der Waals surface area contributed by atoms with Crippen molar-refractivity contribution in [3.05, 3.63) is 53.3 Å². The third-order valence-corrected chi connectivity index (χ3v) is 4.60. The maximum atomic E-state index is 14.3. The summed E-state index contributed by atoms with van der Waals surface area (Å²) in [6.07, 6.45) is 3.01. The molecular weight excluding hydrogens is 307 g/mol. The van der Waals surface area contributed by atoms with Crippen molar-refractivity contribution in [2.45, 2.75) is 19.3 Å². The molecule has 2 aromatic rings. The van der Waals surface area contributed by atoms with E-state index in [0.29, 0.717) is 23.5 Å². The molecule has 0 atom stereocenters. The number of amides is 1. The fourth-order valence-electron chi connectivity index (χ4n) is 3.33. The van der Waals surface area contributed by atoms with E-state index in [9.17, 15) is 9.18 Å². The molecule has 0 saturated carbocycles. The molecule has 24 heavy (non-hydrogen) atoms. The molecule has 1 fully saturated rings. The average molecular weight is 326 g/mol. The quantitative estimate of drug-likeness (QED) is 0.937. The predicted molar refractivity (Wildman–Crippen MR) is 91.4 cm³/mol. The Bertz CT molecular complexity index is 785. The van der Waals surface area contributed by atoms with Crippen molar-refractivity contribution < 1.29 is 13.9 Å². The molecule has 0 aromatic heterocycles. The third kappa shape index (κ3) is 2.82. The molecule has 4 rings (SSSR count). The van der Waals surface area contributed by atoms with Crippen molar-refractivity contribution in [2.75, 3.05) is 29.9 Å². The molecule has 0 radical (unpaired) electrons. The van der Waals surface area contributed by atoms with Crippen LogP contribution in [-0.2, 0) is 6.42 Å². The molecule has 1 saturated heterocycles. The molecule has 1 amide bonds. The highest BCUT2D eigenvalue weighted by Gasteiger charge is 2.18. The minimum Gasteiger partial charge on any atom is -0.493 e. The first-order chi connectivity index (χ1) is 11.7. The van der Waals surface area contributed by atoms with Crippen LogP contribution in [-0.4, -0.2) is 25.6 Å². The molecule has 1 N–H and O–H groups in total. The van der Waals surface area contributed by atoms with Gasteiger partial charge in [-0.05, 0) is 54.8 Å². The third-order valence-electron chi connectivity index (χ3n) is 4.60. The van der Waals surface area contributed by atoms with Gasteiger partial charge in [-0.3, -0.25) is 4.79 Å². The van der Waals surface area contributed by atoms with Gasteiger partial charge in [0.25, 0.3) is 5.91 Å². The molecule has 2 aliphatic rings. The highest BCUT2D eigenvalue weighted by atomic mass is 19.1. The van der Waals surface area contributed by atoms with E-state index in [0.717, 1.165) is 43.7 Å². The van der Waals surface area contributed by atoms with Gasteiger partial charge in [0.05, 0.1) is 12.3 Å². The number of halogens is 1. The second-order valence-electron chi connectivity index (χ2n) is 6.24. The number of benzene rings is 2. The maximum Gasteiger partial charge on any atom is 0.255 e. The van der Waals surface area contributed by atoms with Gasteiger partial charge in [-0.1, -0.05) is 0 Å². The standard InChI is InChI=1S/C19H19FN2O2/c20-16-12-15(4-5-17(16)22-8-1-2-9-22)21-19(23)14-3-6-18-13(11-14)7-10-24-18/h3-6,11-12H,1-2,7-10H2,(H,21,23). The summed E-state index contributed by atoms with van der Waals surface area (Å²) in [6.45, 7) is 2.43. The topological polar surface area (TPSA) is 41.6 Å². The Hall–Kier alpha value is -2.56. The van der Waals surface area contributed by atoms with Gasteiger partial charge in [-0.2, -0.15) is 0 Å². The van der Waals surface area contributed by atoms with Crippen molar-refractivity contribution in [2.24, 2.45) is 0 Å². The number of anilines is 2. The van der Waals surface area contributed by atoms with Crippen molar-refractivity contribution in [3.8, 4) is 5.75 Å². The zero-order chi connectivity index (χ0) is 16.5. The molecular formula is C19H19FN2O2. The average Bonchev–Trinajstić information content (AvgIpc) is 3.25. The molecule has 0 spiro atoms.